The summed E-state index contributed by atoms with van der Waals surface area (Å²) in [5.41, 5.74) is 0.911. The van der Waals surface area contributed by atoms with Crippen LogP contribution >= 0.6 is 0 Å². The highest BCUT2D eigenvalue weighted by Gasteiger charge is 2.41. The number of hydrogen-bond donors (Lipinski definition) is 1. The molecule has 150 valence electrons. The number of hydrogen-bond acceptors (Lipinski definition) is 4. The summed E-state index contributed by atoms with van der Waals surface area (Å²) in [7, 11) is 3.23. The molecule has 27 heavy (non-hydrogen) atoms. The first kappa shape index (κ1) is 21.1. The van der Waals surface area contributed by atoms with Crippen LogP contribution in [0.3, 0.4) is 0 Å². The van der Waals surface area contributed by atoms with Crippen LogP contribution in [0.5, 0.6) is 11.5 Å². The van der Waals surface area contributed by atoms with E-state index in [0.29, 0.717) is 37.6 Å². The molecule has 0 unspecified atom stereocenters. The molecule has 0 spiro atoms. The predicted molar refractivity (Wildman–Crippen MR) is 105 cm³/mol. The quantitative estimate of drug-likeness (QED) is 0.758. The number of rotatable bonds is 8. The highest BCUT2D eigenvalue weighted by atomic mass is 16.5. The van der Waals surface area contributed by atoms with Crippen molar-refractivity contribution in [3.05, 3.63) is 23.8 Å². The van der Waals surface area contributed by atoms with Gasteiger partial charge in [-0.1, -0.05) is 20.8 Å². The lowest BCUT2D eigenvalue weighted by molar-refractivity contribution is -0.131. The van der Waals surface area contributed by atoms with Crippen LogP contribution in [0.15, 0.2) is 18.2 Å². The summed E-state index contributed by atoms with van der Waals surface area (Å²) in [6, 6.07) is 5.61. The van der Waals surface area contributed by atoms with Gasteiger partial charge in [-0.05, 0) is 30.5 Å². The second kappa shape index (κ2) is 9.62. The normalized spacial score (nSPS) is 19.3. The van der Waals surface area contributed by atoms with Crippen molar-refractivity contribution in [3.8, 4) is 11.5 Å². The Morgan fingerprint density at radius 1 is 1.22 bits per heavy atom. The Kier molecular flexibility index (Phi) is 7.51. The van der Waals surface area contributed by atoms with Crippen molar-refractivity contribution < 1.29 is 19.1 Å². The summed E-state index contributed by atoms with van der Waals surface area (Å²) in [4.78, 5) is 27.3. The number of nitrogens with zero attached hydrogens (tertiary/aromatic N) is 1. The molecule has 0 radical (unpaired) electrons. The molecule has 1 saturated heterocycles. The molecule has 1 aromatic carbocycles. The Morgan fingerprint density at radius 2 is 1.96 bits per heavy atom. The maximum absolute atomic E-state index is 12.8. The van der Waals surface area contributed by atoms with Gasteiger partial charge in [0.15, 0.2) is 0 Å². The largest absolute Gasteiger partial charge is 0.497 e. The molecule has 1 N–H and O–H groups in total. The third kappa shape index (κ3) is 5.15. The van der Waals surface area contributed by atoms with E-state index in [1.807, 2.05) is 43.9 Å². The number of methoxy groups -OCH3 is 2. The molecular weight excluding hydrogens is 344 g/mol. The van der Waals surface area contributed by atoms with Crippen molar-refractivity contribution in [3.63, 3.8) is 0 Å². The number of carbonyl (C=O) groups excluding carboxylic acids is 2. The molecule has 1 aromatic rings. The summed E-state index contributed by atoms with van der Waals surface area (Å²) < 4.78 is 10.9. The first-order valence-corrected chi connectivity index (χ1v) is 9.68. The number of ether oxygens (including phenoxy) is 2. The molecule has 6 nitrogen and oxygen atoms in total. The minimum Gasteiger partial charge on any atom is -0.497 e. The number of carbonyl (C=O) groups is 2. The first-order valence-electron chi connectivity index (χ1n) is 9.68. The van der Waals surface area contributed by atoms with Crippen molar-refractivity contribution in [2.45, 2.75) is 39.5 Å². The van der Waals surface area contributed by atoms with Gasteiger partial charge in [-0.25, -0.2) is 0 Å². The van der Waals surface area contributed by atoms with E-state index in [4.69, 9.17) is 9.47 Å². The molecule has 0 saturated carbocycles. The van der Waals surface area contributed by atoms with Crippen LogP contribution in [0.1, 0.15) is 45.1 Å². The van der Waals surface area contributed by atoms with Crippen LogP contribution in [0.2, 0.25) is 0 Å². The molecule has 0 aromatic heterocycles. The molecule has 2 rings (SSSR count). The number of amides is 2. The van der Waals surface area contributed by atoms with Crippen molar-refractivity contribution >= 4 is 11.8 Å². The third-order valence-electron chi connectivity index (χ3n) is 4.98. The second-order valence-electron chi connectivity index (χ2n) is 7.51. The molecular formula is C21H32N2O4. The fraction of sp³-hybridized carbons (Fsp3) is 0.619. The molecule has 1 aliphatic heterocycles. The van der Waals surface area contributed by atoms with Gasteiger partial charge in [0.25, 0.3) is 0 Å². The topological polar surface area (TPSA) is 67.9 Å². The molecule has 0 aliphatic carbocycles. The van der Waals surface area contributed by atoms with E-state index in [9.17, 15) is 9.59 Å². The standard InChI is InChI=1S/C21H32N2O4/c1-6-9-22-21(25)18-13-23(20(24)10-14(2)3)12-17(18)16-11-15(26-4)7-8-19(16)27-5/h7-8,11,14,17-18H,6,9-10,12-13H2,1-5H3,(H,22,25)/t17-,18-/m0/s1. The lowest BCUT2D eigenvalue weighted by Crippen LogP contribution is -2.36. The monoisotopic (exact) mass is 376 g/mol. The van der Waals surface area contributed by atoms with E-state index >= 15 is 0 Å². The third-order valence-corrected chi connectivity index (χ3v) is 4.98. The van der Waals surface area contributed by atoms with Crippen LogP contribution in [-0.4, -0.2) is 50.6 Å². The highest BCUT2D eigenvalue weighted by molar-refractivity contribution is 5.83. The minimum absolute atomic E-state index is 0.00781. The molecule has 2 atom stereocenters. The molecule has 1 heterocycles. The summed E-state index contributed by atoms with van der Waals surface area (Å²) >= 11 is 0. The van der Waals surface area contributed by atoms with Gasteiger partial charge in [0.1, 0.15) is 11.5 Å². The SMILES string of the molecule is CCCNC(=O)[C@H]1CN(C(=O)CC(C)C)C[C@H]1c1cc(OC)ccc1OC. The highest BCUT2D eigenvalue weighted by Crippen LogP contribution is 2.39. The van der Waals surface area contributed by atoms with E-state index in [-0.39, 0.29) is 29.6 Å². The maximum atomic E-state index is 12.8. The van der Waals surface area contributed by atoms with E-state index in [1.165, 1.54) is 0 Å². The fourth-order valence-corrected chi connectivity index (χ4v) is 3.58. The van der Waals surface area contributed by atoms with Gasteiger partial charge in [0.2, 0.25) is 11.8 Å². The summed E-state index contributed by atoms with van der Waals surface area (Å²) in [5, 5.41) is 2.99. The Balaban J connectivity index is 2.34. The van der Waals surface area contributed by atoms with Crippen molar-refractivity contribution in [1.29, 1.82) is 0 Å². The van der Waals surface area contributed by atoms with Crippen LogP contribution < -0.4 is 14.8 Å². The van der Waals surface area contributed by atoms with Gasteiger partial charge < -0.3 is 19.7 Å². The Morgan fingerprint density at radius 3 is 2.56 bits per heavy atom. The van der Waals surface area contributed by atoms with Crippen LogP contribution in [0.25, 0.3) is 0 Å². The van der Waals surface area contributed by atoms with Crippen LogP contribution in [0, 0.1) is 11.8 Å². The smallest absolute Gasteiger partial charge is 0.225 e. The Hall–Kier alpha value is -2.24. The van der Waals surface area contributed by atoms with Crippen LogP contribution in [0.4, 0.5) is 0 Å². The number of benzene rings is 1. The molecule has 0 bridgehead atoms. The van der Waals surface area contributed by atoms with E-state index in [2.05, 4.69) is 5.32 Å². The van der Waals surface area contributed by atoms with E-state index in [0.717, 1.165) is 12.0 Å². The second-order valence-corrected chi connectivity index (χ2v) is 7.51. The molecule has 1 fully saturated rings. The minimum atomic E-state index is -0.298. The van der Waals surface area contributed by atoms with Gasteiger partial charge in [0.05, 0.1) is 20.1 Å². The van der Waals surface area contributed by atoms with E-state index < -0.39 is 0 Å². The summed E-state index contributed by atoms with van der Waals surface area (Å²) in [6.45, 7) is 7.67. The van der Waals surface area contributed by atoms with Gasteiger partial charge in [-0.3, -0.25) is 9.59 Å². The van der Waals surface area contributed by atoms with Crippen LogP contribution in [-0.2, 0) is 9.59 Å². The zero-order chi connectivity index (χ0) is 20.0. The lowest BCUT2D eigenvalue weighted by Gasteiger charge is -2.21. The molecule has 2 amide bonds. The Labute approximate surface area is 162 Å². The zero-order valence-electron chi connectivity index (χ0n) is 17.1. The van der Waals surface area contributed by atoms with Gasteiger partial charge >= 0.3 is 0 Å². The predicted octanol–water partition coefficient (Wildman–Crippen LogP) is 2.82. The average Bonchev–Trinajstić information content (AvgIpc) is 3.10. The lowest BCUT2D eigenvalue weighted by atomic mass is 9.87. The maximum Gasteiger partial charge on any atom is 0.225 e. The van der Waals surface area contributed by atoms with Gasteiger partial charge in [-0.2, -0.15) is 0 Å². The van der Waals surface area contributed by atoms with Crippen molar-refractivity contribution in [1.82, 2.24) is 10.2 Å². The zero-order valence-corrected chi connectivity index (χ0v) is 17.1. The first-order chi connectivity index (χ1) is 12.9. The van der Waals surface area contributed by atoms with Crippen molar-refractivity contribution in [2.24, 2.45) is 11.8 Å². The average molecular weight is 376 g/mol. The molecule has 6 heteroatoms. The fourth-order valence-electron chi connectivity index (χ4n) is 3.58. The Bertz CT molecular complexity index is 660. The van der Waals surface area contributed by atoms with Gasteiger partial charge in [0, 0.05) is 37.5 Å². The van der Waals surface area contributed by atoms with E-state index in [1.54, 1.807) is 14.2 Å². The van der Waals surface area contributed by atoms with Crippen molar-refractivity contribution in [2.75, 3.05) is 33.9 Å². The van der Waals surface area contributed by atoms with Gasteiger partial charge in [-0.15, -0.1) is 0 Å². The number of likely N-dealkylation sites (tertiary alicyclic amines) is 1. The summed E-state index contributed by atoms with van der Waals surface area (Å²) in [6.07, 6.45) is 1.37. The number of nitrogens with one attached hydrogen (secondary N) is 1. The molecule has 1 aliphatic rings. The summed E-state index contributed by atoms with van der Waals surface area (Å²) in [5.74, 6) is 1.39.